The van der Waals surface area contributed by atoms with Crippen LogP contribution in [0.4, 0.5) is 5.69 Å². The van der Waals surface area contributed by atoms with Crippen molar-refractivity contribution in [3.63, 3.8) is 0 Å². The molecule has 1 aromatic heterocycles. The lowest BCUT2D eigenvalue weighted by atomic mass is 10.2. The molecule has 0 unspecified atom stereocenters. The smallest absolute Gasteiger partial charge is 0.357 e. The number of carbonyl (C=O) groups is 2. The summed E-state index contributed by atoms with van der Waals surface area (Å²) >= 11 is 0. The van der Waals surface area contributed by atoms with Gasteiger partial charge in [-0.2, -0.15) is 5.26 Å². The quantitative estimate of drug-likeness (QED) is 0.844. The van der Waals surface area contributed by atoms with Gasteiger partial charge in [0.15, 0.2) is 5.69 Å². The van der Waals surface area contributed by atoms with Crippen molar-refractivity contribution in [2.24, 2.45) is 0 Å². The van der Waals surface area contributed by atoms with Gasteiger partial charge in [0, 0.05) is 11.9 Å². The van der Waals surface area contributed by atoms with Crippen LogP contribution in [0.2, 0.25) is 0 Å². The van der Waals surface area contributed by atoms with Gasteiger partial charge in [-0.3, -0.25) is 0 Å². The first-order valence-corrected chi connectivity index (χ1v) is 7.30. The number of rotatable bonds is 5. The van der Waals surface area contributed by atoms with Crippen LogP contribution in [0.5, 0.6) is 0 Å². The third-order valence-corrected chi connectivity index (χ3v) is 3.36. The molecule has 0 radical (unpaired) electrons. The van der Waals surface area contributed by atoms with E-state index in [4.69, 9.17) is 20.5 Å². The Morgan fingerprint density at radius 2 is 1.92 bits per heavy atom. The minimum atomic E-state index is -0.652. The van der Waals surface area contributed by atoms with Gasteiger partial charge in [-0.1, -0.05) is 6.92 Å². The molecule has 0 bridgehead atoms. The Kier molecular flexibility index (Phi) is 5.22. The Morgan fingerprint density at radius 3 is 2.46 bits per heavy atom. The zero-order valence-electron chi connectivity index (χ0n) is 13.4. The fourth-order valence-electron chi connectivity index (χ4n) is 2.15. The van der Waals surface area contributed by atoms with Gasteiger partial charge < -0.3 is 19.8 Å². The van der Waals surface area contributed by atoms with Crippen LogP contribution in [0.15, 0.2) is 30.5 Å². The second kappa shape index (κ2) is 7.33. The van der Waals surface area contributed by atoms with E-state index in [0.717, 1.165) is 6.42 Å². The first kappa shape index (κ1) is 17.1. The standard InChI is InChI=1S/C17H17N3O4/c1-3-8-24-16(21)11-4-6-13(7-5-11)20-10-12(9-18)14(19)15(20)17(22)23-2/h4-7,10H,3,8,19H2,1-2H3. The third-order valence-electron chi connectivity index (χ3n) is 3.36. The molecule has 0 saturated heterocycles. The van der Waals surface area contributed by atoms with Crippen LogP contribution in [0.25, 0.3) is 5.69 Å². The monoisotopic (exact) mass is 327 g/mol. The Hall–Kier alpha value is -3.27. The van der Waals surface area contributed by atoms with Crippen LogP contribution in [-0.2, 0) is 9.47 Å². The number of anilines is 1. The van der Waals surface area contributed by atoms with Gasteiger partial charge >= 0.3 is 11.9 Å². The summed E-state index contributed by atoms with van der Waals surface area (Å²) in [5.74, 6) is -1.07. The number of nitrogens with two attached hydrogens (primary N) is 1. The molecule has 24 heavy (non-hydrogen) atoms. The van der Waals surface area contributed by atoms with Gasteiger partial charge in [0.1, 0.15) is 6.07 Å². The predicted octanol–water partition coefficient (Wildman–Crippen LogP) is 2.28. The van der Waals surface area contributed by atoms with E-state index in [9.17, 15) is 9.59 Å². The minimum absolute atomic E-state index is 0.0517. The summed E-state index contributed by atoms with van der Waals surface area (Å²) in [6.45, 7) is 2.26. The van der Waals surface area contributed by atoms with Gasteiger partial charge in [0.25, 0.3) is 0 Å². The van der Waals surface area contributed by atoms with Crippen molar-refractivity contribution >= 4 is 17.6 Å². The van der Waals surface area contributed by atoms with E-state index in [0.29, 0.717) is 17.9 Å². The molecule has 0 saturated carbocycles. The van der Waals surface area contributed by atoms with Gasteiger partial charge in [-0.05, 0) is 30.7 Å². The summed E-state index contributed by atoms with van der Waals surface area (Å²) in [5, 5.41) is 9.10. The van der Waals surface area contributed by atoms with Crippen LogP contribution < -0.4 is 5.73 Å². The number of hydrogen-bond donors (Lipinski definition) is 1. The van der Waals surface area contributed by atoms with Gasteiger partial charge in [-0.25, -0.2) is 9.59 Å². The Balaban J connectivity index is 2.41. The van der Waals surface area contributed by atoms with E-state index in [2.05, 4.69) is 0 Å². The SMILES string of the molecule is CCCOC(=O)c1ccc(-n2cc(C#N)c(N)c2C(=O)OC)cc1. The van der Waals surface area contributed by atoms with Crippen LogP contribution >= 0.6 is 0 Å². The number of ether oxygens (including phenoxy) is 2. The highest BCUT2D eigenvalue weighted by Gasteiger charge is 2.21. The van der Waals surface area contributed by atoms with Gasteiger partial charge in [0.2, 0.25) is 0 Å². The molecule has 7 heteroatoms. The Morgan fingerprint density at radius 1 is 1.25 bits per heavy atom. The second-order valence-corrected chi connectivity index (χ2v) is 4.96. The van der Waals surface area contributed by atoms with E-state index in [1.54, 1.807) is 24.3 Å². The maximum Gasteiger partial charge on any atom is 0.357 e. The van der Waals surface area contributed by atoms with Crippen LogP contribution in [0, 0.1) is 11.3 Å². The number of nitrogen functional groups attached to an aromatic ring is 1. The lowest BCUT2D eigenvalue weighted by molar-refractivity contribution is 0.0504. The maximum absolute atomic E-state index is 11.9. The van der Waals surface area contributed by atoms with Crippen molar-refractivity contribution in [3.05, 3.63) is 47.3 Å². The number of nitrogens with zero attached hydrogens (tertiary/aromatic N) is 2. The Labute approximate surface area is 139 Å². The van der Waals surface area contributed by atoms with E-state index in [1.807, 2.05) is 13.0 Å². The first-order valence-electron chi connectivity index (χ1n) is 7.30. The average Bonchev–Trinajstić information content (AvgIpc) is 2.95. The lowest BCUT2D eigenvalue weighted by Gasteiger charge is -2.09. The summed E-state index contributed by atoms with van der Waals surface area (Å²) in [6.07, 6.45) is 2.19. The first-order chi connectivity index (χ1) is 11.5. The van der Waals surface area contributed by atoms with Crippen LogP contribution in [0.1, 0.15) is 39.8 Å². The normalized spacial score (nSPS) is 10.0. The van der Waals surface area contributed by atoms with Crippen LogP contribution in [-0.4, -0.2) is 30.2 Å². The summed E-state index contributed by atoms with van der Waals surface area (Å²) in [6, 6.07) is 8.36. The van der Waals surface area contributed by atoms with Crippen molar-refractivity contribution in [1.29, 1.82) is 5.26 Å². The molecule has 0 fully saturated rings. The summed E-state index contributed by atoms with van der Waals surface area (Å²) in [7, 11) is 1.23. The zero-order chi connectivity index (χ0) is 17.7. The molecule has 0 spiro atoms. The molecule has 0 amide bonds. The number of benzene rings is 1. The summed E-state index contributed by atoms with van der Waals surface area (Å²) in [4.78, 5) is 23.8. The molecule has 0 aliphatic rings. The minimum Gasteiger partial charge on any atom is -0.464 e. The number of carbonyl (C=O) groups excluding carboxylic acids is 2. The molecule has 2 N–H and O–H groups in total. The zero-order valence-corrected chi connectivity index (χ0v) is 13.4. The molecule has 124 valence electrons. The molecular weight excluding hydrogens is 310 g/mol. The molecule has 0 atom stereocenters. The molecule has 2 aromatic rings. The van der Waals surface area contributed by atoms with Crippen molar-refractivity contribution in [1.82, 2.24) is 4.57 Å². The number of esters is 2. The number of aromatic nitrogens is 1. The molecule has 7 nitrogen and oxygen atoms in total. The summed E-state index contributed by atoms with van der Waals surface area (Å²) < 4.78 is 11.2. The number of methoxy groups -OCH3 is 1. The second-order valence-electron chi connectivity index (χ2n) is 4.96. The van der Waals surface area contributed by atoms with Crippen molar-refractivity contribution in [3.8, 4) is 11.8 Å². The largest absolute Gasteiger partial charge is 0.464 e. The van der Waals surface area contributed by atoms with E-state index >= 15 is 0 Å². The van der Waals surface area contributed by atoms with E-state index in [1.165, 1.54) is 17.9 Å². The average molecular weight is 327 g/mol. The highest BCUT2D eigenvalue weighted by Crippen LogP contribution is 2.25. The van der Waals surface area contributed by atoms with E-state index < -0.39 is 11.9 Å². The van der Waals surface area contributed by atoms with Crippen molar-refractivity contribution in [2.45, 2.75) is 13.3 Å². The fraction of sp³-hybridized carbons (Fsp3) is 0.235. The molecule has 0 aliphatic heterocycles. The van der Waals surface area contributed by atoms with Crippen molar-refractivity contribution < 1.29 is 19.1 Å². The van der Waals surface area contributed by atoms with Crippen molar-refractivity contribution in [2.75, 3.05) is 19.5 Å². The number of nitriles is 1. The summed E-state index contributed by atoms with van der Waals surface area (Å²) in [5.41, 5.74) is 7.09. The Bertz CT molecular complexity index is 800. The molecule has 0 aliphatic carbocycles. The topological polar surface area (TPSA) is 107 Å². The highest BCUT2D eigenvalue weighted by molar-refractivity contribution is 5.96. The fourth-order valence-corrected chi connectivity index (χ4v) is 2.15. The predicted molar refractivity (Wildman–Crippen MR) is 86.8 cm³/mol. The molecule has 2 rings (SSSR count). The lowest BCUT2D eigenvalue weighted by Crippen LogP contribution is -2.11. The highest BCUT2D eigenvalue weighted by atomic mass is 16.5. The van der Waals surface area contributed by atoms with Gasteiger partial charge in [-0.15, -0.1) is 0 Å². The third kappa shape index (κ3) is 3.22. The maximum atomic E-state index is 11.9. The molecular formula is C17H17N3O4. The van der Waals surface area contributed by atoms with E-state index in [-0.39, 0.29) is 16.9 Å². The molecule has 1 aromatic carbocycles. The molecule has 1 heterocycles. The van der Waals surface area contributed by atoms with Crippen LogP contribution in [0.3, 0.4) is 0 Å². The van der Waals surface area contributed by atoms with Gasteiger partial charge in [0.05, 0.1) is 30.5 Å². The number of hydrogen-bond acceptors (Lipinski definition) is 6.